The molecule has 2 saturated heterocycles. The summed E-state index contributed by atoms with van der Waals surface area (Å²) in [6, 6.07) is 1.68. The Labute approximate surface area is 120 Å². The van der Waals surface area contributed by atoms with E-state index in [1.807, 2.05) is 0 Å². The Bertz CT molecular complexity index is 262. The van der Waals surface area contributed by atoms with Crippen LogP contribution in [-0.2, 0) is 0 Å². The van der Waals surface area contributed by atoms with Gasteiger partial charge in [-0.15, -0.1) is 0 Å². The zero-order chi connectivity index (χ0) is 13.7. The minimum atomic E-state index is 0.474. The second-order valence-corrected chi connectivity index (χ2v) is 7.56. The van der Waals surface area contributed by atoms with Crippen molar-refractivity contribution in [3.05, 3.63) is 0 Å². The lowest BCUT2D eigenvalue weighted by Gasteiger charge is -2.37. The third kappa shape index (κ3) is 4.75. The van der Waals surface area contributed by atoms with Gasteiger partial charge in [0.1, 0.15) is 0 Å². The van der Waals surface area contributed by atoms with Crippen LogP contribution >= 0.6 is 0 Å². The number of piperidine rings is 1. The lowest BCUT2D eigenvalue weighted by atomic mass is 9.86. The van der Waals surface area contributed by atoms with Gasteiger partial charge in [0, 0.05) is 18.6 Å². The summed E-state index contributed by atoms with van der Waals surface area (Å²) in [5, 5.41) is 3.87. The van der Waals surface area contributed by atoms with Gasteiger partial charge in [-0.2, -0.15) is 0 Å². The van der Waals surface area contributed by atoms with E-state index < -0.39 is 0 Å². The molecule has 0 aromatic rings. The van der Waals surface area contributed by atoms with E-state index in [9.17, 15) is 0 Å². The summed E-state index contributed by atoms with van der Waals surface area (Å²) in [4.78, 5) is 2.71. The number of hydrogen-bond acceptors (Lipinski definition) is 2. The SMILES string of the molecule is CCCCCC(C)(C)CNC1CCN2CCCC2C1. The van der Waals surface area contributed by atoms with Crippen LogP contribution in [0, 0.1) is 5.41 Å². The van der Waals surface area contributed by atoms with E-state index in [0.717, 1.165) is 12.1 Å². The lowest BCUT2D eigenvalue weighted by molar-refractivity contribution is 0.157. The average Bonchev–Trinajstić information content (AvgIpc) is 2.84. The number of unbranched alkanes of at least 4 members (excludes halogenated alkanes) is 2. The molecule has 2 heteroatoms. The zero-order valence-corrected chi connectivity index (χ0v) is 13.4. The van der Waals surface area contributed by atoms with Crippen LogP contribution in [0.5, 0.6) is 0 Å². The summed E-state index contributed by atoms with van der Waals surface area (Å²) in [5.74, 6) is 0. The van der Waals surface area contributed by atoms with Gasteiger partial charge in [0.05, 0.1) is 0 Å². The second-order valence-electron chi connectivity index (χ2n) is 7.56. The minimum Gasteiger partial charge on any atom is -0.313 e. The molecule has 2 atom stereocenters. The molecule has 1 N–H and O–H groups in total. The molecule has 0 aromatic heterocycles. The van der Waals surface area contributed by atoms with E-state index in [-0.39, 0.29) is 0 Å². The maximum atomic E-state index is 3.87. The summed E-state index contributed by atoms with van der Waals surface area (Å²) in [7, 11) is 0. The van der Waals surface area contributed by atoms with Crippen molar-refractivity contribution in [1.82, 2.24) is 10.2 Å². The van der Waals surface area contributed by atoms with Crippen LogP contribution in [0.2, 0.25) is 0 Å². The molecule has 0 radical (unpaired) electrons. The molecule has 0 spiro atoms. The fourth-order valence-electron chi connectivity index (χ4n) is 3.77. The minimum absolute atomic E-state index is 0.474. The van der Waals surface area contributed by atoms with E-state index in [4.69, 9.17) is 0 Å². The highest BCUT2D eigenvalue weighted by atomic mass is 15.2. The molecule has 2 unspecified atom stereocenters. The Kier molecular flexibility index (Phi) is 5.70. The Morgan fingerprint density at radius 3 is 2.79 bits per heavy atom. The van der Waals surface area contributed by atoms with Crippen LogP contribution in [0.15, 0.2) is 0 Å². The number of nitrogens with one attached hydrogen (secondary N) is 1. The van der Waals surface area contributed by atoms with Gasteiger partial charge in [-0.3, -0.25) is 0 Å². The molecule has 2 rings (SSSR count). The van der Waals surface area contributed by atoms with Gasteiger partial charge in [-0.05, 0) is 50.6 Å². The molecule has 2 fully saturated rings. The molecule has 0 aliphatic carbocycles. The van der Waals surface area contributed by atoms with Crippen molar-refractivity contribution in [1.29, 1.82) is 0 Å². The standard InChI is InChI=1S/C17H34N2/c1-4-5-6-10-17(2,3)14-18-15-9-12-19-11-7-8-16(19)13-15/h15-16,18H,4-14H2,1-3H3. The van der Waals surface area contributed by atoms with Gasteiger partial charge < -0.3 is 10.2 Å². The van der Waals surface area contributed by atoms with E-state index >= 15 is 0 Å². The monoisotopic (exact) mass is 266 g/mol. The summed E-state index contributed by atoms with van der Waals surface area (Å²) in [6.45, 7) is 11.0. The normalized spacial score (nSPS) is 28.6. The molecule has 2 aliphatic rings. The van der Waals surface area contributed by atoms with Gasteiger partial charge in [0.15, 0.2) is 0 Å². The first-order valence-corrected chi connectivity index (χ1v) is 8.58. The third-order valence-electron chi connectivity index (χ3n) is 5.15. The topological polar surface area (TPSA) is 15.3 Å². The molecule has 0 bridgehead atoms. The van der Waals surface area contributed by atoms with Crippen LogP contribution in [-0.4, -0.2) is 36.6 Å². The number of nitrogens with zero attached hydrogens (tertiary/aromatic N) is 1. The van der Waals surface area contributed by atoms with Gasteiger partial charge in [-0.25, -0.2) is 0 Å². The quantitative estimate of drug-likeness (QED) is 0.705. The maximum Gasteiger partial charge on any atom is 0.0111 e. The van der Waals surface area contributed by atoms with Crippen molar-refractivity contribution < 1.29 is 0 Å². The summed E-state index contributed by atoms with van der Waals surface area (Å²) >= 11 is 0. The smallest absolute Gasteiger partial charge is 0.0111 e. The molecular weight excluding hydrogens is 232 g/mol. The first-order valence-electron chi connectivity index (χ1n) is 8.58. The molecule has 0 amide bonds. The van der Waals surface area contributed by atoms with Crippen LogP contribution in [0.3, 0.4) is 0 Å². The van der Waals surface area contributed by atoms with Crippen molar-refractivity contribution in [2.45, 2.75) is 84.2 Å². The highest BCUT2D eigenvalue weighted by Crippen LogP contribution is 2.28. The van der Waals surface area contributed by atoms with Gasteiger partial charge in [0.25, 0.3) is 0 Å². The predicted octanol–water partition coefficient (Wildman–Crippen LogP) is 3.81. The number of rotatable bonds is 7. The Hall–Kier alpha value is -0.0800. The fraction of sp³-hybridized carbons (Fsp3) is 1.00. The average molecular weight is 266 g/mol. The van der Waals surface area contributed by atoms with Crippen LogP contribution in [0.25, 0.3) is 0 Å². The van der Waals surface area contributed by atoms with Gasteiger partial charge >= 0.3 is 0 Å². The number of fused-ring (bicyclic) bond motifs is 1. The first kappa shape index (κ1) is 15.3. The molecule has 2 nitrogen and oxygen atoms in total. The molecule has 0 saturated carbocycles. The van der Waals surface area contributed by atoms with Crippen molar-refractivity contribution in [2.75, 3.05) is 19.6 Å². The number of hydrogen-bond donors (Lipinski definition) is 1. The second kappa shape index (κ2) is 7.08. The zero-order valence-electron chi connectivity index (χ0n) is 13.4. The van der Waals surface area contributed by atoms with E-state index in [2.05, 4.69) is 31.0 Å². The van der Waals surface area contributed by atoms with Gasteiger partial charge in [0.2, 0.25) is 0 Å². The summed E-state index contributed by atoms with van der Waals surface area (Å²) < 4.78 is 0. The highest BCUT2D eigenvalue weighted by Gasteiger charge is 2.32. The largest absolute Gasteiger partial charge is 0.313 e. The van der Waals surface area contributed by atoms with Crippen LogP contribution < -0.4 is 5.32 Å². The predicted molar refractivity (Wildman–Crippen MR) is 83.5 cm³/mol. The van der Waals surface area contributed by atoms with Crippen molar-refractivity contribution in [3.63, 3.8) is 0 Å². The van der Waals surface area contributed by atoms with Crippen molar-refractivity contribution in [2.24, 2.45) is 5.41 Å². The Balaban J connectivity index is 1.67. The maximum absolute atomic E-state index is 3.87. The van der Waals surface area contributed by atoms with E-state index in [1.165, 1.54) is 71.0 Å². The molecule has 112 valence electrons. The third-order valence-corrected chi connectivity index (χ3v) is 5.15. The Morgan fingerprint density at radius 1 is 1.16 bits per heavy atom. The molecule has 2 heterocycles. The Morgan fingerprint density at radius 2 is 2.00 bits per heavy atom. The summed E-state index contributed by atoms with van der Waals surface area (Å²) in [6.07, 6.45) is 11.1. The summed E-state index contributed by atoms with van der Waals surface area (Å²) in [5.41, 5.74) is 0.474. The van der Waals surface area contributed by atoms with E-state index in [1.54, 1.807) is 0 Å². The van der Waals surface area contributed by atoms with Crippen molar-refractivity contribution in [3.8, 4) is 0 Å². The lowest BCUT2D eigenvalue weighted by Crippen LogP contribution is -2.47. The molecule has 19 heavy (non-hydrogen) atoms. The van der Waals surface area contributed by atoms with Crippen molar-refractivity contribution >= 4 is 0 Å². The highest BCUT2D eigenvalue weighted by molar-refractivity contribution is 4.90. The van der Waals surface area contributed by atoms with Gasteiger partial charge in [-0.1, -0.05) is 40.0 Å². The fourth-order valence-corrected chi connectivity index (χ4v) is 3.77. The first-order chi connectivity index (χ1) is 9.11. The molecule has 0 aromatic carbocycles. The molecule has 2 aliphatic heterocycles. The van der Waals surface area contributed by atoms with E-state index in [0.29, 0.717) is 5.41 Å². The van der Waals surface area contributed by atoms with Crippen LogP contribution in [0.1, 0.15) is 72.1 Å². The van der Waals surface area contributed by atoms with Crippen LogP contribution in [0.4, 0.5) is 0 Å². The molecular formula is C17H34N2.